The van der Waals surface area contributed by atoms with Crippen LogP contribution in [0.2, 0.25) is 0 Å². The van der Waals surface area contributed by atoms with E-state index in [0.29, 0.717) is 38.8 Å². The SMILES string of the molecule is CC(O)C(N)C(=O)NC(CCCCN)C(=O)NC(CC(=O)O)C(=O)NC(CCCCN)C(=O)O. The molecule has 0 saturated heterocycles. The molecule has 196 valence electrons. The third-order valence-electron chi connectivity index (χ3n) is 4.98. The van der Waals surface area contributed by atoms with Gasteiger partial charge in [0, 0.05) is 0 Å². The van der Waals surface area contributed by atoms with Gasteiger partial charge in [-0.2, -0.15) is 0 Å². The lowest BCUT2D eigenvalue weighted by molar-refractivity contribution is -0.144. The number of amides is 3. The summed E-state index contributed by atoms with van der Waals surface area (Å²) in [4.78, 5) is 60.4. The summed E-state index contributed by atoms with van der Waals surface area (Å²) in [6.45, 7) is 1.97. The maximum atomic E-state index is 12.8. The van der Waals surface area contributed by atoms with E-state index >= 15 is 0 Å². The normalized spacial score (nSPS) is 15.3. The van der Waals surface area contributed by atoms with E-state index < -0.39 is 66.4 Å². The van der Waals surface area contributed by atoms with E-state index in [1.165, 1.54) is 6.92 Å². The Bertz CT molecular complexity index is 690. The van der Waals surface area contributed by atoms with Crippen molar-refractivity contribution in [3.63, 3.8) is 0 Å². The van der Waals surface area contributed by atoms with Crippen LogP contribution in [0.1, 0.15) is 51.9 Å². The lowest BCUT2D eigenvalue weighted by Gasteiger charge is -2.25. The molecule has 0 aromatic carbocycles. The van der Waals surface area contributed by atoms with Crippen molar-refractivity contribution in [3.8, 4) is 0 Å². The Morgan fingerprint density at radius 3 is 1.62 bits per heavy atom. The van der Waals surface area contributed by atoms with Gasteiger partial charge in [-0.3, -0.25) is 19.2 Å². The van der Waals surface area contributed by atoms with E-state index in [0.717, 1.165) is 0 Å². The number of aliphatic carboxylic acids is 2. The summed E-state index contributed by atoms with van der Waals surface area (Å²) in [6.07, 6.45) is 0.0896. The quantitative estimate of drug-likeness (QED) is 0.0872. The Hall–Kier alpha value is -2.81. The van der Waals surface area contributed by atoms with Crippen LogP contribution in [0, 0.1) is 0 Å². The average Bonchev–Trinajstić information content (AvgIpc) is 2.76. The molecule has 5 unspecified atom stereocenters. The molecule has 0 saturated carbocycles. The monoisotopic (exact) mass is 490 g/mol. The Balaban J connectivity index is 5.47. The van der Waals surface area contributed by atoms with Crippen LogP contribution in [-0.4, -0.2) is 88.3 Å². The zero-order chi connectivity index (χ0) is 26.3. The van der Waals surface area contributed by atoms with Gasteiger partial charge in [0.05, 0.1) is 12.5 Å². The highest BCUT2D eigenvalue weighted by Gasteiger charge is 2.31. The highest BCUT2D eigenvalue weighted by molar-refractivity contribution is 5.95. The second-order valence-corrected chi connectivity index (χ2v) is 7.95. The van der Waals surface area contributed by atoms with Crippen LogP contribution in [0.25, 0.3) is 0 Å². The number of nitrogens with two attached hydrogens (primary N) is 3. The average molecular weight is 491 g/mol. The van der Waals surface area contributed by atoms with Crippen molar-refractivity contribution < 1.29 is 39.3 Å². The number of carboxylic acid groups (broad SMARTS) is 2. The minimum atomic E-state index is -1.60. The fourth-order valence-corrected chi connectivity index (χ4v) is 2.93. The Labute approximate surface area is 198 Å². The molecule has 0 heterocycles. The summed E-state index contributed by atoms with van der Waals surface area (Å²) in [6, 6.07) is -5.39. The van der Waals surface area contributed by atoms with Gasteiger partial charge in [0.2, 0.25) is 17.7 Å². The third-order valence-corrected chi connectivity index (χ3v) is 4.98. The lowest BCUT2D eigenvalue weighted by atomic mass is 10.1. The Morgan fingerprint density at radius 2 is 1.18 bits per heavy atom. The summed E-state index contributed by atoms with van der Waals surface area (Å²) >= 11 is 0. The van der Waals surface area contributed by atoms with Crippen molar-refractivity contribution in [3.05, 3.63) is 0 Å². The van der Waals surface area contributed by atoms with Crippen molar-refractivity contribution in [2.45, 2.75) is 82.1 Å². The van der Waals surface area contributed by atoms with E-state index in [9.17, 15) is 34.2 Å². The van der Waals surface area contributed by atoms with Crippen molar-refractivity contribution in [2.75, 3.05) is 13.1 Å². The van der Waals surface area contributed by atoms with Gasteiger partial charge in [0.1, 0.15) is 24.2 Å². The molecule has 0 rings (SSSR count). The lowest BCUT2D eigenvalue weighted by Crippen LogP contribution is -2.58. The number of carbonyl (C=O) groups excluding carboxylic acids is 3. The second-order valence-electron chi connectivity index (χ2n) is 7.95. The number of aliphatic hydroxyl groups excluding tert-OH is 1. The molecular weight excluding hydrogens is 452 g/mol. The zero-order valence-electron chi connectivity index (χ0n) is 19.4. The van der Waals surface area contributed by atoms with E-state index in [1.807, 2.05) is 0 Å². The van der Waals surface area contributed by atoms with E-state index in [1.54, 1.807) is 0 Å². The summed E-state index contributed by atoms with van der Waals surface area (Å²) in [5.74, 6) is -5.39. The maximum Gasteiger partial charge on any atom is 0.326 e. The van der Waals surface area contributed by atoms with Crippen LogP contribution in [0.15, 0.2) is 0 Å². The Kier molecular flexibility index (Phi) is 15.4. The topological polar surface area (TPSA) is 260 Å². The largest absolute Gasteiger partial charge is 0.481 e. The molecule has 5 atom stereocenters. The summed E-state index contributed by atoms with van der Waals surface area (Å²) < 4.78 is 0. The molecule has 14 heteroatoms. The fraction of sp³-hybridized carbons (Fsp3) is 0.750. The minimum absolute atomic E-state index is 0.0705. The van der Waals surface area contributed by atoms with Crippen molar-refractivity contribution >= 4 is 29.7 Å². The molecule has 0 bridgehead atoms. The minimum Gasteiger partial charge on any atom is -0.481 e. The van der Waals surface area contributed by atoms with Crippen LogP contribution in [0.3, 0.4) is 0 Å². The third kappa shape index (κ3) is 12.4. The molecule has 3 amide bonds. The fourth-order valence-electron chi connectivity index (χ4n) is 2.93. The molecule has 0 fully saturated rings. The van der Waals surface area contributed by atoms with Gasteiger partial charge in [-0.1, -0.05) is 0 Å². The predicted molar refractivity (Wildman–Crippen MR) is 121 cm³/mol. The number of carboxylic acids is 2. The van der Waals surface area contributed by atoms with Gasteiger partial charge in [0.25, 0.3) is 0 Å². The molecule has 12 N–H and O–H groups in total. The zero-order valence-corrected chi connectivity index (χ0v) is 19.4. The first kappa shape index (κ1) is 31.2. The summed E-state index contributed by atoms with van der Waals surface area (Å²) in [7, 11) is 0. The van der Waals surface area contributed by atoms with Gasteiger partial charge >= 0.3 is 11.9 Å². The van der Waals surface area contributed by atoms with Gasteiger partial charge in [-0.05, 0) is 58.5 Å². The number of nitrogens with one attached hydrogen (secondary N) is 3. The summed E-state index contributed by atoms with van der Waals surface area (Å²) in [5.41, 5.74) is 16.4. The van der Waals surface area contributed by atoms with Gasteiger partial charge in [-0.15, -0.1) is 0 Å². The summed E-state index contributed by atoms with van der Waals surface area (Å²) in [5, 5.41) is 34.9. The van der Waals surface area contributed by atoms with E-state index in [4.69, 9.17) is 22.3 Å². The standard InChI is InChI=1S/C20H38N6O8/c1-11(27)16(23)19(32)24-12(6-2-4-8-21)17(30)26-14(10-15(28)29)18(31)25-13(20(33)34)7-3-5-9-22/h11-14,16,27H,2-10,21-23H2,1H3,(H,24,32)(H,25,31)(H,26,30)(H,28,29)(H,33,34). The van der Waals surface area contributed by atoms with E-state index in [2.05, 4.69) is 16.0 Å². The van der Waals surface area contributed by atoms with Crippen molar-refractivity contribution in [1.29, 1.82) is 0 Å². The number of carbonyl (C=O) groups is 5. The smallest absolute Gasteiger partial charge is 0.326 e. The molecule has 0 radical (unpaired) electrons. The van der Waals surface area contributed by atoms with Crippen LogP contribution in [-0.2, 0) is 24.0 Å². The van der Waals surface area contributed by atoms with Crippen LogP contribution < -0.4 is 33.2 Å². The molecule has 14 nitrogen and oxygen atoms in total. The number of rotatable bonds is 18. The molecule has 0 aliphatic rings. The number of hydrogen-bond acceptors (Lipinski definition) is 9. The first-order valence-electron chi connectivity index (χ1n) is 11.1. The number of aliphatic hydroxyl groups is 1. The molecular formula is C20H38N6O8. The molecule has 0 aliphatic heterocycles. The van der Waals surface area contributed by atoms with E-state index in [-0.39, 0.29) is 12.8 Å². The van der Waals surface area contributed by atoms with Crippen LogP contribution in [0.5, 0.6) is 0 Å². The van der Waals surface area contributed by atoms with Gasteiger partial charge in [-0.25, -0.2) is 4.79 Å². The predicted octanol–water partition coefficient (Wildman–Crippen LogP) is -3.03. The molecule has 0 spiro atoms. The van der Waals surface area contributed by atoms with Gasteiger partial charge in [0.15, 0.2) is 0 Å². The molecule has 0 aromatic rings. The first-order chi connectivity index (χ1) is 15.9. The highest BCUT2D eigenvalue weighted by atomic mass is 16.4. The van der Waals surface area contributed by atoms with Crippen molar-refractivity contribution in [1.82, 2.24) is 16.0 Å². The Morgan fingerprint density at radius 1 is 0.735 bits per heavy atom. The molecule has 0 aliphatic carbocycles. The number of unbranched alkanes of at least 4 members (excludes halogenated alkanes) is 2. The van der Waals surface area contributed by atoms with Gasteiger partial charge < -0.3 is 48.5 Å². The second kappa shape index (κ2) is 16.7. The van der Waals surface area contributed by atoms with Crippen LogP contribution >= 0.6 is 0 Å². The van der Waals surface area contributed by atoms with Crippen LogP contribution in [0.4, 0.5) is 0 Å². The number of hydrogen-bond donors (Lipinski definition) is 9. The molecule has 0 aromatic heterocycles. The van der Waals surface area contributed by atoms with Crippen molar-refractivity contribution in [2.24, 2.45) is 17.2 Å². The highest BCUT2D eigenvalue weighted by Crippen LogP contribution is 2.06. The maximum absolute atomic E-state index is 12.8. The first-order valence-corrected chi connectivity index (χ1v) is 11.1. The molecule has 34 heavy (non-hydrogen) atoms.